The van der Waals surface area contributed by atoms with Crippen molar-refractivity contribution >= 4 is 41.0 Å². The minimum Gasteiger partial charge on any atom is -0.324 e. The maximum absolute atomic E-state index is 12.0. The van der Waals surface area contributed by atoms with E-state index in [2.05, 4.69) is 5.32 Å². The normalized spacial score (nSPS) is 14.8. The molecule has 0 aromatic heterocycles. The van der Waals surface area contributed by atoms with E-state index in [1.807, 2.05) is 0 Å². The molecule has 0 aliphatic carbocycles. The maximum Gasteiger partial charge on any atom is 0.334 e. The van der Waals surface area contributed by atoms with Gasteiger partial charge in [-0.1, -0.05) is 11.6 Å². The fourth-order valence-corrected chi connectivity index (χ4v) is 2.30. The van der Waals surface area contributed by atoms with Crippen molar-refractivity contribution in [3.05, 3.63) is 28.8 Å². The summed E-state index contributed by atoms with van der Waals surface area (Å²) >= 11 is 5.82. The molecule has 1 fully saturated rings. The number of benzene rings is 1. The van der Waals surface area contributed by atoms with Crippen LogP contribution in [0.25, 0.3) is 0 Å². The lowest BCUT2D eigenvalue weighted by Gasteiger charge is -2.14. The number of halogens is 1. The Morgan fingerprint density at radius 1 is 1.18 bits per heavy atom. The molecular formula is C14H14ClN3O4. The summed E-state index contributed by atoms with van der Waals surface area (Å²) in [6, 6.07) is 4.12. The van der Waals surface area contributed by atoms with Crippen LogP contribution >= 0.6 is 11.6 Å². The summed E-state index contributed by atoms with van der Waals surface area (Å²) in [6.45, 7) is 2.90. The molecule has 0 bridgehead atoms. The molecule has 1 aromatic rings. The largest absolute Gasteiger partial charge is 0.334 e. The third kappa shape index (κ3) is 2.94. The van der Waals surface area contributed by atoms with Gasteiger partial charge in [-0.2, -0.15) is 0 Å². The van der Waals surface area contributed by atoms with Crippen LogP contribution in [0.1, 0.15) is 12.5 Å². The lowest BCUT2D eigenvalue weighted by Crippen LogP contribution is -2.39. The van der Waals surface area contributed by atoms with E-state index >= 15 is 0 Å². The molecule has 2 rings (SSSR count). The highest BCUT2D eigenvalue weighted by atomic mass is 35.5. The van der Waals surface area contributed by atoms with Gasteiger partial charge in [0.1, 0.15) is 6.54 Å². The quantitative estimate of drug-likeness (QED) is 0.670. The van der Waals surface area contributed by atoms with Crippen molar-refractivity contribution in [1.29, 1.82) is 0 Å². The number of anilines is 1. The number of likely N-dealkylation sites (N-methyl/N-ethyl adjacent to an activating group) is 1. The smallest absolute Gasteiger partial charge is 0.324 e. The van der Waals surface area contributed by atoms with E-state index in [9.17, 15) is 19.2 Å². The predicted molar refractivity (Wildman–Crippen MR) is 79.3 cm³/mol. The molecule has 1 aliphatic heterocycles. The highest BCUT2D eigenvalue weighted by molar-refractivity contribution is 6.45. The van der Waals surface area contributed by atoms with Gasteiger partial charge in [-0.05, 0) is 37.6 Å². The van der Waals surface area contributed by atoms with Crippen LogP contribution in [0.3, 0.4) is 0 Å². The summed E-state index contributed by atoms with van der Waals surface area (Å²) < 4.78 is 0. The van der Waals surface area contributed by atoms with E-state index in [-0.39, 0.29) is 6.54 Å². The Kier molecular flexibility index (Phi) is 4.46. The molecule has 1 heterocycles. The van der Waals surface area contributed by atoms with Gasteiger partial charge in [0, 0.05) is 17.3 Å². The number of hydrogen-bond donors (Lipinski definition) is 1. The predicted octanol–water partition coefficient (Wildman–Crippen LogP) is 1.40. The van der Waals surface area contributed by atoms with Crippen LogP contribution < -0.4 is 5.32 Å². The van der Waals surface area contributed by atoms with Gasteiger partial charge in [-0.15, -0.1) is 0 Å². The lowest BCUT2D eigenvalue weighted by molar-refractivity contribution is -0.143. The highest BCUT2D eigenvalue weighted by Gasteiger charge is 2.44. The van der Waals surface area contributed by atoms with Crippen molar-refractivity contribution in [3.63, 3.8) is 0 Å². The molecule has 5 amide bonds. The van der Waals surface area contributed by atoms with Gasteiger partial charge in [0.25, 0.3) is 0 Å². The molecule has 22 heavy (non-hydrogen) atoms. The molecule has 7 nitrogen and oxygen atoms in total. The Balaban J connectivity index is 2.08. The fourth-order valence-electron chi connectivity index (χ4n) is 2.07. The van der Waals surface area contributed by atoms with Crippen LogP contribution in [0.5, 0.6) is 0 Å². The molecule has 1 aromatic carbocycles. The zero-order valence-corrected chi connectivity index (χ0v) is 12.8. The van der Waals surface area contributed by atoms with Crippen molar-refractivity contribution in [2.75, 3.05) is 18.4 Å². The van der Waals surface area contributed by atoms with Crippen LogP contribution in [-0.2, 0) is 14.4 Å². The summed E-state index contributed by atoms with van der Waals surface area (Å²) in [5.41, 5.74) is 1.26. The Hall–Kier alpha value is -2.41. The van der Waals surface area contributed by atoms with Gasteiger partial charge >= 0.3 is 17.8 Å². The van der Waals surface area contributed by atoms with Crippen LogP contribution in [0, 0.1) is 6.92 Å². The molecule has 0 unspecified atom stereocenters. The number of nitrogens with zero attached hydrogens (tertiary/aromatic N) is 2. The number of urea groups is 1. The summed E-state index contributed by atoms with van der Waals surface area (Å²) in [6.07, 6.45) is 0. The topological polar surface area (TPSA) is 86.8 Å². The number of carbonyl (C=O) groups excluding carboxylic acids is 4. The van der Waals surface area contributed by atoms with Crippen molar-refractivity contribution in [3.8, 4) is 0 Å². The molecule has 1 aliphatic rings. The van der Waals surface area contributed by atoms with Gasteiger partial charge in [0.15, 0.2) is 0 Å². The zero-order chi connectivity index (χ0) is 16.4. The van der Waals surface area contributed by atoms with E-state index in [1.165, 1.54) is 0 Å². The van der Waals surface area contributed by atoms with Crippen LogP contribution in [0.15, 0.2) is 18.2 Å². The average Bonchev–Trinajstić information content (AvgIpc) is 2.66. The molecule has 0 atom stereocenters. The first-order chi connectivity index (χ1) is 10.3. The Morgan fingerprint density at radius 2 is 1.82 bits per heavy atom. The van der Waals surface area contributed by atoms with Gasteiger partial charge in [-0.3, -0.25) is 19.3 Å². The summed E-state index contributed by atoms with van der Waals surface area (Å²) in [4.78, 5) is 48.5. The SMILES string of the molecule is CCN1C(=O)C(=O)N(CC(=O)Nc2ccc(Cl)cc2C)C1=O. The summed E-state index contributed by atoms with van der Waals surface area (Å²) in [7, 11) is 0. The molecule has 0 radical (unpaired) electrons. The van der Waals surface area contributed by atoms with Crippen molar-refractivity contribution < 1.29 is 19.2 Å². The molecule has 116 valence electrons. The summed E-state index contributed by atoms with van der Waals surface area (Å²) in [5, 5.41) is 3.11. The monoisotopic (exact) mass is 323 g/mol. The van der Waals surface area contributed by atoms with Crippen LogP contribution in [0.2, 0.25) is 5.02 Å². The fraction of sp³-hybridized carbons (Fsp3) is 0.286. The molecule has 0 spiro atoms. The van der Waals surface area contributed by atoms with Crippen LogP contribution in [0.4, 0.5) is 10.5 Å². The first-order valence-electron chi connectivity index (χ1n) is 6.58. The minimum atomic E-state index is -0.991. The zero-order valence-electron chi connectivity index (χ0n) is 12.1. The van der Waals surface area contributed by atoms with Crippen molar-refractivity contribution in [2.45, 2.75) is 13.8 Å². The van der Waals surface area contributed by atoms with Gasteiger partial charge in [0.05, 0.1) is 0 Å². The van der Waals surface area contributed by atoms with Crippen molar-refractivity contribution in [1.82, 2.24) is 9.80 Å². The van der Waals surface area contributed by atoms with Gasteiger partial charge in [0.2, 0.25) is 5.91 Å². The first kappa shape index (κ1) is 16.0. The molecule has 8 heteroatoms. The Labute approximate surface area is 131 Å². The standard InChI is InChI=1S/C14H14ClN3O4/c1-3-17-12(20)13(21)18(14(17)22)7-11(19)16-10-5-4-9(15)6-8(10)2/h4-6H,3,7H2,1-2H3,(H,16,19). The molecular weight excluding hydrogens is 310 g/mol. The number of carbonyl (C=O) groups is 4. The molecule has 1 N–H and O–H groups in total. The van der Waals surface area contributed by atoms with E-state index in [0.29, 0.717) is 15.6 Å². The second-order valence-corrected chi connectivity index (χ2v) is 5.17. The van der Waals surface area contributed by atoms with Gasteiger partial charge < -0.3 is 5.32 Å². The van der Waals surface area contributed by atoms with Crippen LogP contribution in [-0.4, -0.2) is 46.6 Å². The number of imide groups is 2. The summed E-state index contributed by atoms with van der Waals surface area (Å²) in [5.74, 6) is -2.48. The number of hydrogen-bond acceptors (Lipinski definition) is 4. The average molecular weight is 324 g/mol. The molecule has 0 saturated carbocycles. The number of aryl methyl sites for hydroxylation is 1. The first-order valence-corrected chi connectivity index (χ1v) is 6.96. The lowest BCUT2D eigenvalue weighted by atomic mass is 10.2. The minimum absolute atomic E-state index is 0.0812. The van der Waals surface area contributed by atoms with E-state index in [0.717, 1.165) is 10.5 Å². The second-order valence-electron chi connectivity index (χ2n) is 4.73. The number of rotatable bonds is 4. The second kappa shape index (κ2) is 6.15. The third-order valence-corrected chi connectivity index (χ3v) is 3.45. The van der Waals surface area contributed by atoms with Crippen molar-refractivity contribution in [2.24, 2.45) is 0 Å². The maximum atomic E-state index is 12.0. The Bertz CT molecular complexity index is 674. The van der Waals surface area contributed by atoms with Gasteiger partial charge in [-0.25, -0.2) is 9.69 Å². The highest BCUT2D eigenvalue weighted by Crippen LogP contribution is 2.20. The molecule has 1 saturated heterocycles. The number of amides is 5. The van der Waals surface area contributed by atoms with E-state index in [1.54, 1.807) is 32.0 Å². The van der Waals surface area contributed by atoms with E-state index < -0.39 is 30.3 Å². The van der Waals surface area contributed by atoms with E-state index in [4.69, 9.17) is 11.6 Å². The Morgan fingerprint density at radius 3 is 2.36 bits per heavy atom. The third-order valence-electron chi connectivity index (χ3n) is 3.22. The number of nitrogens with one attached hydrogen (secondary N) is 1.